The zero-order valence-corrected chi connectivity index (χ0v) is 15.7. The van der Waals surface area contributed by atoms with Gasteiger partial charge in [-0.1, -0.05) is 11.6 Å². The van der Waals surface area contributed by atoms with Gasteiger partial charge in [0.05, 0.1) is 6.61 Å². The summed E-state index contributed by atoms with van der Waals surface area (Å²) in [6, 6.07) is 1.05. The minimum Gasteiger partial charge on any atom is -0.394 e. The van der Waals surface area contributed by atoms with Gasteiger partial charge in [0.1, 0.15) is 36.3 Å². The molecule has 3 heterocycles. The maximum Gasteiger partial charge on any atom is 0.352 e. The van der Waals surface area contributed by atoms with Gasteiger partial charge in [-0.15, -0.1) is 0 Å². The lowest BCUT2D eigenvalue weighted by atomic mass is 9.83. The second-order valence-corrected chi connectivity index (χ2v) is 7.38. The van der Waals surface area contributed by atoms with Crippen LogP contribution >= 0.6 is 11.6 Å². The summed E-state index contributed by atoms with van der Waals surface area (Å²) in [5.41, 5.74) is -4.61. The van der Waals surface area contributed by atoms with Crippen molar-refractivity contribution in [2.45, 2.75) is 60.0 Å². The van der Waals surface area contributed by atoms with Crippen LogP contribution in [0, 0.1) is 0 Å². The predicted octanol–water partition coefficient (Wildman–Crippen LogP) is -2.75. The molecule has 1 aromatic rings. The highest BCUT2D eigenvalue weighted by molar-refractivity contribution is 6.20. The van der Waals surface area contributed by atoms with E-state index >= 15 is 0 Å². The molecule has 7 N–H and O–H groups in total. The maximum atomic E-state index is 14.8. The highest BCUT2D eigenvalue weighted by atomic mass is 35.5. The van der Waals surface area contributed by atoms with Crippen molar-refractivity contribution < 1.29 is 48.2 Å². The number of anilines is 1. The largest absolute Gasteiger partial charge is 0.394 e. The number of rotatable bonds is 4. The van der Waals surface area contributed by atoms with Crippen molar-refractivity contribution in [3.05, 3.63) is 22.7 Å². The van der Waals surface area contributed by atoms with Crippen LogP contribution in [0.4, 0.5) is 19.0 Å². The van der Waals surface area contributed by atoms with Gasteiger partial charge in [-0.2, -0.15) is 4.98 Å². The number of ether oxygens (including phenoxy) is 2. The Morgan fingerprint density at radius 2 is 1.97 bits per heavy atom. The zero-order chi connectivity index (χ0) is 22.6. The normalized spacial score (nSPS) is 44.5. The Morgan fingerprint density at radius 1 is 1.33 bits per heavy atom. The molecule has 2 fully saturated rings. The molecule has 9 atom stereocenters. The van der Waals surface area contributed by atoms with Crippen LogP contribution in [0.1, 0.15) is 0 Å². The van der Waals surface area contributed by atoms with Crippen LogP contribution in [0.25, 0.3) is 0 Å². The SMILES string of the molecule is Nc1ccn([C@]2(C3OC(Cl)[C@](O)(C(F)F)[C@H](F)[C@H]3O)O[C@H](CO)[C@@H](O)[C@H]2O)c(=O)n1. The van der Waals surface area contributed by atoms with Gasteiger partial charge in [-0.25, -0.2) is 18.0 Å². The average molecular weight is 462 g/mol. The number of hydrogen-bond acceptors (Lipinski definition) is 10. The first-order valence-corrected chi connectivity index (χ1v) is 8.99. The smallest absolute Gasteiger partial charge is 0.352 e. The Balaban J connectivity index is 2.19. The Hall–Kier alpha value is -1.52. The second-order valence-electron chi connectivity index (χ2n) is 6.98. The molecule has 1 aromatic heterocycles. The van der Waals surface area contributed by atoms with Gasteiger partial charge in [0.15, 0.2) is 17.3 Å². The topological polar surface area (TPSA) is 181 Å². The van der Waals surface area contributed by atoms with Crippen LogP contribution in [-0.4, -0.2) is 96.0 Å². The number of hydrogen-bond donors (Lipinski definition) is 6. The lowest BCUT2D eigenvalue weighted by molar-refractivity contribution is -0.323. The summed E-state index contributed by atoms with van der Waals surface area (Å²) in [6.45, 7) is -0.899. The number of halogens is 4. The van der Waals surface area contributed by atoms with Crippen molar-refractivity contribution in [1.29, 1.82) is 0 Å². The first-order valence-electron chi connectivity index (χ1n) is 8.55. The number of aromatic nitrogens is 2. The summed E-state index contributed by atoms with van der Waals surface area (Å²) in [7, 11) is 0. The molecule has 0 spiro atoms. The van der Waals surface area contributed by atoms with Crippen LogP contribution in [0.3, 0.4) is 0 Å². The molecule has 0 saturated carbocycles. The Bertz CT molecular complexity index is 852. The third-order valence-corrected chi connectivity index (χ3v) is 5.74. The zero-order valence-electron chi connectivity index (χ0n) is 14.9. The molecule has 0 radical (unpaired) electrons. The molecule has 3 rings (SSSR count). The third kappa shape index (κ3) is 3.10. The van der Waals surface area contributed by atoms with Crippen molar-refractivity contribution in [1.82, 2.24) is 9.55 Å². The van der Waals surface area contributed by atoms with E-state index in [-0.39, 0.29) is 5.82 Å². The van der Waals surface area contributed by atoms with E-state index < -0.39 is 72.3 Å². The molecule has 2 saturated heterocycles. The molecule has 2 unspecified atom stereocenters. The van der Waals surface area contributed by atoms with E-state index in [1.807, 2.05) is 0 Å². The van der Waals surface area contributed by atoms with E-state index in [9.17, 15) is 43.5 Å². The van der Waals surface area contributed by atoms with Crippen LogP contribution < -0.4 is 11.4 Å². The summed E-state index contributed by atoms with van der Waals surface area (Å²) >= 11 is 5.65. The first kappa shape index (κ1) is 23.1. The first-order chi connectivity index (χ1) is 13.9. The van der Waals surface area contributed by atoms with Crippen molar-refractivity contribution in [3.63, 3.8) is 0 Å². The number of nitrogens with two attached hydrogens (primary N) is 1. The lowest BCUT2D eigenvalue weighted by Crippen LogP contribution is -2.72. The second kappa shape index (κ2) is 7.87. The van der Waals surface area contributed by atoms with Crippen molar-refractivity contribution >= 4 is 17.4 Å². The molecule has 170 valence electrons. The number of nitrogen functional groups attached to an aromatic ring is 1. The summed E-state index contributed by atoms with van der Waals surface area (Å²) in [4.78, 5) is 15.8. The van der Waals surface area contributed by atoms with Gasteiger partial charge in [-0.05, 0) is 6.07 Å². The number of alkyl halides is 4. The Kier molecular flexibility index (Phi) is 6.07. The number of aliphatic hydroxyl groups is 5. The molecule has 0 amide bonds. The molecule has 2 aliphatic heterocycles. The molecule has 0 bridgehead atoms. The van der Waals surface area contributed by atoms with Gasteiger partial charge < -0.3 is 40.7 Å². The van der Waals surface area contributed by atoms with Gasteiger partial charge in [0.25, 0.3) is 6.43 Å². The average Bonchev–Trinajstić information content (AvgIpc) is 2.94. The van der Waals surface area contributed by atoms with Crippen LogP contribution in [0.15, 0.2) is 17.1 Å². The van der Waals surface area contributed by atoms with E-state index in [2.05, 4.69) is 4.98 Å². The highest BCUT2D eigenvalue weighted by Crippen LogP contribution is 2.47. The standard InChI is InChI=1S/C15H19ClF3N3O8/c16-11-14(28,12(18)19)8(17)7(25)10(29-11)15(9(26)6(24)4(3-23)30-15)22-2-1-5(20)21-13(22)27/h1-2,4,6-12,23-26,28H,3H2,(H2,20,21,27)/t4-,6-,7-,8-,9-,10?,11?,14+,15+/m1/s1. The lowest BCUT2D eigenvalue weighted by Gasteiger charge is -2.50. The summed E-state index contributed by atoms with van der Waals surface area (Å²) in [6.07, 6.45) is -16.5. The molecule has 15 heteroatoms. The molecule has 11 nitrogen and oxygen atoms in total. The van der Waals surface area contributed by atoms with Gasteiger partial charge in [0.2, 0.25) is 5.72 Å². The van der Waals surface area contributed by atoms with Crippen LogP contribution in [-0.2, 0) is 15.2 Å². The van der Waals surface area contributed by atoms with Crippen LogP contribution in [0.5, 0.6) is 0 Å². The molecular formula is C15H19ClF3N3O8. The van der Waals surface area contributed by atoms with Crippen molar-refractivity contribution in [2.24, 2.45) is 0 Å². The third-order valence-electron chi connectivity index (χ3n) is 5.29. The Morgan fingerprint density at radius 3 is 2.47 bits per heavy atom. The summed E-state index contributed by atoms with van der Waals surface area (Å²) < 4.78 is 52.2. The van der Waals surface area contributed by atoms with E-state index in [0.717, 1.165) is 12.3 Å². The van der Waals surface area contributed by atoms with E-state index in [1.54, 1.807) is 0 Å². The fourth-order valence-corrected chi connectivity index (χ4v) is 3.99. The minimum absolute atomic E-state index is 0.270. The molecular weight excluding hydrogens is 443 g/mol. The van der Waals surface area contributed by atoms with Gasteiger partial charge in [0, 0.05) is 6.20 Å². The van der Waals surface area contributed by atoms with Crippen LogP contribution in [0.2, 0.25) is 0 Å². The molecule has 0 aliphatic carbocycles. The van der Waals surface area contributed by atoms with E-state index in [1.165, 1.54) is 0 Å². The van der Waals surface area contributed by atoms with Crippen molar-refractivity contribution in [2.75, 3.05) is 12.3 Å². The highest BCUT2D eigenvalue weighted by Gasteiger charge is 2.70. The summed E-state index contributed by atoms with van der Waals surface area (Å²) in [5, 5.41) is 50.6. The molecule has 30 heavy (non-hydrogen) atoms. The number of nitrogens with zero attached hydrogens (tertiary/aromatic N) is 2. The van der Waals surface area contributed by atoms with E-state index in [4.69, 9.17) is 26.8 Å². The quantitative estimate of drug-likeness (QED) is 0.257. The van der Waals surface area contributed by atoms with E-state index in [0.29, 0.717) is 4.57 Å². The predicted molar refractivity (Wildman–Crippen MR) is 91.2 cm³/mol. The monoisotopic (exact) mass is 461 g/mol. The molecule has 0 aromatic carbocycles. The Labute approximate surface area is 171 Å². The summed E-state index contributed by atoms with van der Waals surface area (Å²) in [5.74, 6) is -0.270. The fraction of sp³-hybridized carbons (Fsp3) is 0.733. The fourth-order valence-electron chi connectivity index (χ4n) is 3.66. The molecule has 2 aliphatic rings. The van der Waals surface area contributed by atoms with Gasteiger partial charge in [-0.3, -0.25) is 4.57 Å². The maximum absolute atomic E-state index is 14.8. The van der Waals surface area contributed by atoms with Gasteiger partial charge >= 0.3 is 5.69 Å². The number of aliphatic hydroxyl groups excluding tert-OH is 4. The minimum atomic E-state index is -3.78. The van der Waals surface area contributed by atoms with Crippen molar-refractivity contribution in [3.8, 4) is 0 Å².